The zero-order chi connectivity index (χ0) is 15.6. The van der Waals surface area contributed by atoms with E-state index in [-0.39, 0.29) is 12.6 Å². The van der Waals surface area contributed by atoms with Gasteiger partial charge in [0, 0.05) is 12.4 Å². The molecule has 114 valence electrons. The zero-order valence-electron chi connectivity index (χ0n) is 12.8. The molecular weight excluding hydrogens is 270 g/mol. The number of carbonyl (C=O) groups is 1. The van der Waals surface area contributed by atoms with Crippen LogP contribution in [0.2, 0.25) is 0 Å². The van der Waals surface area contributed by atoms with Crippen LogP contribution in [0.5, 0.6) is 0 Å². The van der Waals surface area contributed by atoms with Crippen LogP contribution in [0.15, 0.2) is 12.3 Å². The average molecular weight is 291 g/mol. The van der Waals surface area contributed by atoms with Crippen LogP contribution in [0.4, 0.5) is 10.5 Å². The van der Waals surface area contributed by atoms with Crippen molar-refractivity contribution in [2.75, 3.05) is 11.9 Å². The summed E-state index contributed by atoms with van der Waals surface area (Å²) in [6, 6.07) is 1.48. The number of nitrogens with zero attached hydrogens (tertiary/aromatic N) is 3. The molecule has 0 saturated heterocycles. The van der Waals surface area contributed by atoms with Crippen molar-refractivity contribution < 1.29 is 9.90 Å². The Bertz CT molecular complexity index is 661. The molecule has 0 aliphatic heterocycles. The molecule has 1 atom stereocenters. The third kappa shape index (κ3) is 3.13. The lowest BCUT2D eigenvalue weighted by Crippen LogP contribution is -2.50. The third-order valence-electron chi connectivity index (χ3n) is 3.67. The fourth-order valence-electron chi connectivity index (χ4n) is 2.05. The van der Waals surface area contributed by atoms with Gasteiger partial charge in [-0.3, -0.25) is 4.68 Å². The summed E-state index contributed by atoms with van der Waals surface area (Å²) in [5, 5.41) is 20.0. The third-order valence-corrected chi connectivity index (χ3v) is 3.67. The second-order valence-electron chi connectivity index (χ2n) is 5.46. The normalized spacial score (nSPS) is 14.0. The topological polar surface area (TPSA) is 92.1 Å². The van der Waals surface area contributed by atoms with Gasteiger partial charge in [-0.2, -0.15) is 5.10 Å². The van der Waals surface area contributed by atoms with Gasteiger partial charge in [-0.05, 0) is 26.3 Å². The summed E-state index contributed by atoms with van der Waals surface area (Å²) in [5.41, 5.74) is 1.59. The van der Waals surface area contributed by atoms with E-state index in [1.807, 2.05) is 27.0 Å². The molecule has 2 rings (SSSR count). The fraction of sp³-hybridized carbons (Fsp3) is 0.500. The molecule has 2 aromatic rings. The van der Waals surface area contributed by atoms with Gasteiger partial charge in [0.2, 0.25) is 0 Å². The van der Waals surface area contributed by atoms with Crippen molar-refractivity contribution >= 4 is 22.8 Å². The molecule has 0 fully saturated rings. The van der Waals surface area contributed by atoms with Gasteiger partial charge >= 0.3 is 6.03 Å². The number of fused-ring (bicyclic) bond motifs is 1. The van der Waals surface area contributed by atoms with Crippen LogP contribution in [0.3, 0.4) is 0 Å². The van der Waals surface area contributed by atoms with E-state index >= 15 is 0 Å². The Balaban J connectivity index is 2.16. The van der Waals surface area contributed by atoms with Crippen molar-refractivity contribution in [3.63, 3.8) is 0 Å². The van der Waals surface area contributed by atoms with Crippen molar-refractivity contribution in [1.82, 2.24) is 20.1 Å². The number of hydrogen-bond acceptors (Lipinski definition) is 4. The maximum absolute atomic E-state index is 12.0. The number of nitrogens with one attached hydrogen (secondary N) is 2. The van der Waals surface area contributed by atoms with Crippen LogP contribution in [0.25, 0.3) is 11.0 Å². The highest BCUT2D eigenvalue weighted by Gasteiger charge is 2.23. The van der Waals surface area contributed by atoms with Crippen molar-refractivity contribution in [2.24, 2.45) is 7.05 Å². The van der Waals surface area contributed by atoms with Gasteiger partial charge in [-0.25, -0.2) is 9.78 Å². The van der Waals surface area contributed by atoms with Gasteiger partial charge in [0.1, 0.15) is 0 Å². The first-order valence-electron chi connectivity index (χ1n) is 6.88. The molecule has 0 radical (unpaired) electrons. The first-order chi connectivity index (χ1) is 9.88. The Kier molecular flexibility index (Phi) is 4.13. The maximum atomic E-state index is 12.0. The molecule has 0 aliphatic carbocycles. The summed E-state index contributed by atoms with van der Waals surface area (Å²) in [5.74, 6) is 0. The van der Waals surface area contributed by atoms with Crippen LogP contribution < -0.4 is 10.6 Å². The van der Waals surface area contributed by atoms with Crippen LogP contribution in [0.1, 0.15) is 26.0 Å². The van der Waals surface area contributed by atoms with E-state index in [9.17, 15) is 9.90 Å². The van der Waals surface area contributed by atoms with Gasteiger partial charge in [0.05, 0.1) is 29.7 Å². The Morgan fingerprint density at radius 1 is 1.52 bits per heavy atom. The molecule has 0 aromatic carbocycles. The molecule has 7 heteroatoms. The molecule has 3 N–H and O–H groups in total. The predicted molar refractivity (Wildman–Crippen MR) is 81.2 cm³/mol. The lowest BCUT2D eigenvalue weighted by atomic mass is 10.0. The zero-order valence-corrected chi connectivity index (χ0v) is 12.8. The minimum absolute atomic E-state index is 0.115. The minimum atomic E-state index is -0.633. The molecule has 2 heterocycles. The van der Waals surface area contributed by atoms with E-state index in [4.69, 9.17) is 0 Å². The van der Waals surface area contributed by atoms with Gasteiger partial charge < -0.3 is 15.7 Å². The summed E-state index contributed by atoms with van der Waals surface area (Å²) < 4.78 is 1.70. The second kappa shape index (κ2) is 5.69. The fourth-order valence-corrected chi connectivity index (χ4v) is 2.05. The highest BCUT2D eigenvalue weighted by atomic mass is 16.3. The second-order valence-corrected chi connectivity index (χ2v) is 5.46. The summed E-state index contributed by atoms with van der Waals surface area (Å²) in [7, 11) is 1.83. The summed E-state index contributed by atoms with van der Waals surface area (Å²) in [6.45, 7) is 5.48. The van der Waals surface area contributed by atoms with Crippen molar-refractivity contribution in [3.8, 4) is 0 Å². The monoisotopic (exact) mass is 291 g/mol. The quantitative estimate of drug-likeness (QED) is 0.797. The highest BCUT2D eigenvalue weighted by molar-refractivity contribution is 5.92. The van der Waals surface area contributed by atoms with Crippen LogP contribution in [-0.2, 0) is 7.05 Å². The average Bonchev–Trinajstić information content (AvgIpc) is 2.73. The highest BCUT2D eigenvalue weighted by Crippen LogP contribution is 2.19. The van der Waals surface area contributed by atoms with E-state index in [2.05, 4.69) is 20.7 Å². The number of pyridine rings is 1. The Morgan fingerprint density at radius 2 is 2.24 bits per heavy atom. The molecule has 0 saturated carbocycles. The Labute approximate surface area is 123 Å². The number of aryl methyl sites for hydroxylation is 2. The maximum Gasteiger partial charge on any atom is 0.319 e. The standard InChI is InChI=1S/C14H21N5O2/c1-5-14(3,8-20)17-13(21)16-10-6-11-9(2)18-19(4)12(11)15-7-10/h6-7,20H,5,8H2,1-4H3,(H2,16,17,21). The van der Waals surface area contributed by atoms with E-state index in [0.29, 0.717) is 12.1 Å². The molecule has 2 amide bonds. The lowest BCUT2D eigenvalue weighted by Gasteiger charge is -2.27. The number of carbonyl (C=O) groups excluding carboxylic acids is 1. The van der Waals surface area contributed by atoms with E-state index < -0.39 is 5.54 Å². The number of aliphatic hydroxyl groups is 1. The van der Waals surface area contributed by atoms with Crippen molar-refractivity contribution in [3.05, 3.63) is 18.0 Å². The van der Waals surface area contributed by atoms with Crippen molar-refractivity contribution in [2.45, 2.75) is 32.7 Å². The summed E-state index contributed by atoms with van der Waals surface area (Å²) >= 11 is 0. The number of amides is 2. The lowest BCUT2D eigenvalue weighted by molar-refractivity contribution is 0.172. The SMILES string of the molecule is CCC(C)(CO)NC(=O)Nc1cnc2c(c1)c(C)nn2C. The number of aliphatic hydroxyl groups excluding tert-OH is 1. The molecule has 1 unspecified atom stereocenters. The predicted octanol–water partition coefficient (Wildman–Crippen LogP) is 1.56. The summed E-state index contributed by atoms with van der Waals surface area (Å²) in [6.07, 6.45) is 2.22. The van der Waals surface area contributed by atoms with Crippen LogP contribution in [0, 0.1) is 6.92 Å². The molecule has 2 aromatic heterocycles. The van der Waals surface area contributed by atoms with Crippen LogP contribution in [-0.4, -0.2) is 38.0 Å². The molecule has 0 spiro atoms. The number of urea groups is 1. The molecule has 0 aliphatic rings. The first kappa shape index (κ1) is 15.2. The smallest absolute Gasteiger partial charge is 0.319 e. The molecule has 7 nitrogen and oxygen atoms in total. The van der Waals surface area contributed by atoms with Crippen LogP contribution >= 0.6 is 0 Å². The van der Waals surface area contributed by atoms with E-state index in [1.165, 1.54) is 0 Å². The van der Waals surface area contributed by atoms with Gasteiger partial charge in [-0.1, -0.05) is 6.92 Å². The molecular formula is C14H21N5O2. The Hall–Kier alpha value is -2.15. The number of aromatic nitrogens is 3. The van der Waals surface area contributed by atoms with Gasteiger partial charge in [0.25, 0.3) is 0 Å². The van der Waals surface area contributed by atoms with E-state index in [1.54, 1.807) is 17.8 Å². The van der Waals surface area contributed by atoms with E-state index in [0.717, 1.165) is 16.7 Å². The van der Waals surface area contributed by atoms with Crippen molar-refractivity contribution in [1.29, 1.82) is 0 Å². The Morgan fingerprint density at radius 3 is 2.86 bits per heavy atom. The first-order valence-corrected chi connectivity index (χ1v) is 6.88. The molecule has 21 heavy (non-hydrogen) atoms. The van der Waals surface area contributed by atoms with Gasteiger partial charge in [-0.15, -0.1) is 0 Å². The largest absolute Gasteiger partial charge is 0.394 e. The molecule has 0 bridgehead atoms. The van der Waals surface area contributed by atoms with Gasteiger partial charge in [0.15, 0.2) is 5.65 Å². The number of hydrogen-bond donors (Lipinski definition) is 3. The number of anilines is 1. The number of rotatable bonds is 4. The minimum Gasteiger partial charge on any atom is -0.394 e. The summed E-state index contributed by atoms with van der Waals surface area (Å²) in [4.78, 5) is 16.3.